The highest BCUT2D eigenvalue weighted by Gasteiger charge is 2.17. The lowest BCUT2D eigenvalue weighted by atomic mass is 9.96. The van der Waals surface area contributed by atoms with E-state index in [0.29, 0.717) is 40.5 Å². The van der Waals surface area contributed by atoms with Gasteiger partial charge in [-0.15, -0.1) is 0 Å². The maximum absolute atomic E-state index is 12.5. The van der Waals surface area contributed by atoms with Gasteiger partial charge in [0.1, 0.15) is 5.69 Å². The summed E-state index contributed by atoms with van der Waals surface area (Å²) in [6.07, 6.45) is 11.2. The minimum absolute atomic E-state index is 0.0895. The van der Waals surface area contributed by atoms with Crippen LogP contribution in [-0.2, 0) is 0 Å². The van der Waals surface area contributed by atoms with E-state index in [1.54, 1.807) is 19.3 Å². The number of nitrogens with one attached hydrogen (secondary N) is 3. The summed E-state index contributed by atoms with van der Waals surface area (Å²) in [6.45, 7) is 3.01. The average Bonchev–Trinajstić information content (AvgIpc) is 3.17. The van der Waals surface area contributed by atoms with Gasteiger partial charge in [0.2, 0.25) is 5.78 Å². The molecule has 0 aromatic carbocycles. The SMILES string of the molecule is Cc1nccnc1C(=O)c1cnc(NCCCNC(=O)NC2CCCCC2)s1. The fraction of sp³-hybridized carbons (Fsp3) is 0.526. The summed E-state index contributed by atoms with van der Waals surface area (Å²) in [7, 11) is 0. The van der Waals surface area contributed by atoms with Crippen LogP contribution in [0.5, 0.6) is 0 Å². The smallest absolute Gasteiger partial charge is 0.315 e. The molecule has 9 heteroatoms. The van der Waals surface area contributed by atoms with Crippen LogP contribution in [0.15, 0.2) is 18.6 Å². The molecule has 150 valence electrons. The van der Waals surface area contributed by atoms with Gasteiger partial charge in [0, 0.05) is 31.5 Å². The van der Waals surface area contributed by atoms with E-state index in [1.165, 1.54) is 36.8 Å². The van der Waals surface area contributed by atoms with Crippen molar-refractivity contribution in [3.63, 3.8) is 0 Å². The van der Waals surface area contributed by atoms with E-state index in [1.807, 2.05) is 0 Å². The van der Waals surface area contributed by atoms with Crippen LogP contribution in [0.25, 0.3) is 0 Å². The summed E-state index contributed by atoms with van der Waals surface area (Å²) in [5, 5.41) is 9.79. The first-order valence-electron chi connectivity index (χ1n) is 9.70. The van der Waals surface area contributed by atoms with Crippen molar-refractivity contribution in [1.29, 1.82) is 0 Å². The topological polar surface area (TPSA) is 109 Å². The van der Waals surface area contributed by atoms with Gasteiger partial charge in [0.25, 0.3) is 0 Å². The summed E-state index contributed by atoms with van der Waals surface area (Å²) in [5.74, 6) is -0.169. The number of hydrogen-bond donors (Lipinski definition) is 3. The highest BCUT2D eigenvalue weighted by Crippen LogP contribution is 2.21. The number of urea groups is 1. The number of rotatable bonds is 8. The molecule has 2 aromatic rings. The molecule has 2 amide bonds. The first-order valence-corrected chi connectivity index (χ1v) is 10.5. The van der Waals surface area contributed by atoms with Crippen LogP contribution in [0.1, 0.15) is 59.6 Å². The van der Waals surface area contributed by atoms with Crippen molar-refractivity contribution in [2.75, 3.05) is 18.4 Å². The highest BCUT2D eigenvalue weighted by molar-refractivity contribution is 7.17. The van der Waals surface area contributed by atoms with Crippen molar-refractivity contribution < 1.29 is 9.59 Å². The first-order chi connectivity index (χ1) is 13.6. The molecular weight excluding hydrogens is 376 g/mol. The lowest BCUT2D eigenvalue weighted by Gasteiger charge is -2.22. The monoisotopic (exact) mass is 402 g/mol. The standard InChI is InChI=1S/C19H26N6O2S/c1-13-16(21-11-10-20-13)17(26)15-12-24-19(28-15)23-9-5-8-22-18(27)25-14-6-3-2-4-7-14/h10-12,14H,2-9H2,1H3,(H,23,24)(H2,22,25,27). The minimum Gasteiger partial charge on any atom is -0.361 e. The predicted molar refractivity (Wildman–Crippen MR) is 109 cm³/mol. The molecule has 0 radical (unpaired) electrons. The maximum Gasteiger partial charge on any atom is 0.315 e. The van der Waals surface area contributed by atoms with E-state index in [2.05, 4.69) is 30.9 Å². The molecule has 0 unspecified atom stereocenters. The number of ketones is 1. The second-order valence-electron chi connectivity index (χ2n) is 6.86. The van der Waals surface area contributed by atoms with Crippen LogP contribution in [0.3, 0.4) is 0 Å². The minimum atomic E-state index is -0.169. The number of aryl methyl sites for hydroxylation is 1. The molecule has 3 rings (SSSR count). The van der Waals surface area contributed by atoms with Crippen molar-refractivity contribution in [3.05, 3.63) is 34.9 Å². The summed E-state index contributed by atoms with van der Waals surface area (Å²) < 4.78 is 0. The van der Waals surface area contributed by atoms with E-state index in [0.717, 1.165) is 19.3 Å². The van der Waals surface area contributed by atoms with E-state index < -0.39 is 0 Å². The molecule has 3 N–H and O–H groups in total. The Hall–Kier alpha value is -2.55. The molecule has 0 atom stereocenters. The van der Waals surface area contributed by atoms with Crippen molar-refractivity contribution in [1.82, 2.24) is 25.6 Å². The number of aromatic nitrogens is 3. The molecule has 2 aromatic heterocycles. The molecule has 1 aliphatic rings. The van der Waals surface area contributed by atoms with Crippen LogP contribution >= 0.6 is 11.3 Å². The summed E-state index contributed by atoms with van der Waals surface area (Å²) in [5.41, 5.74) is 0.957. The number of thiazole rings is 1. The van der Waals surface area contributed by atoms with Gasteiger partial charge in [-0.05, 0) is 26.2 Å². The molecule has 1 saturated carbocycles. The van der Waals surface area contributed by atoms with E-state index >= 15 is 0 Å². The largest absolute Gasteiger partial charge is 0.361 e. The van der Waals surface area contributed by atoms with Crippen LogP contribution in [0, 0.1) is 6.92 Å². The van der Waals surface area contributed by atoms with Crippen LogP contribution < -0.4 is 16.0 Å². The van der Waals surface area contributed by atoms with Gasteiger partial charge in [0.15, 0.2) is 5.13 Å². The molecule has 2 heterocycles. The third-order valence-electron chi connectivity index (χ3n) is 4.68. The van der Waals surface area contributed by atoms with Crippen LogP contribution in [0.2, 0.25) is 0 Å². The first kappa shape index (κ1) is 20.2. The fourth-order valence-electron chi connectivity index (χ4n) is 3.18. The van der Waals surface area contributed by atoms with Gasteiger partial charge in [-0.25, -0.2) is 14.8 Å². The Morgan fingerprint density at radius 1 is 1.11 bits per heavy atom. The van der Waals surface area contributed by atoms with Crippen molar-refractivity contribution in [3.8, 4) is 0 Å². The van der Waals surface area contributed by atoms with Gasteiger partial charge in [-0.1, -0.05) is 30.6 Å². The number of carbonyl (C=O) groups excluding carboxylic acids is 2. The van der Waals surface area contributed by atoms with E-state index in [9.17, 15) is 9.59 Å². The molecule has 1 aliphatic carbocycles. The van der Waals surface area contributed by atoms with Crippen molar-refractivity contribution >= 4 is 28.3 Å². The van der Waals surface area contributed by atoms with Crippen molar-refractivity contribution in [2.24, 2.45) is 0 Å². The maximum atomic E-state index is 12.5. The number of amides is 2. The molecule has 1 fully saturated rings. The van der Waals surface area contributed by atoms with Gasteiger partial charge in [-0.3, -0.25) is 9.78 Å². The number of hydrogen-bond acceptors (Lipinski definition) is 7. The molecule has 0 bridgehead atoms. The number of carbonyl (C=O) groups is 2. The third-order valence-corrected chi connectivity index (χ3v) is 5.64. The quantitative estimate of drug-likeness (QED) is 0.463. The third kappa shape index (κ3) is 5.72. The van der Waals surface area contributed by atoms with Gasteiger partial charge < -0.3 is 16.0 Å². The number of anilines is 1. The van der Waals surface area contributed by atoms with Crippen LogP contribution in [0.4, 0.5) is 9.93 Å². The number of nitrogens with zero attached hydrogens (tertiary/aromatic N) is 3. The fourth-order valence-corrected chi connectivity index (χ4v) is 3.96. The summed E-state index contributed by atoms with van der Waals surface area (Å²) >= 11 is 1.29. The van der Waals surface area contributed by atoms with Gasteiger partial charge >= 0.3 is 6.03 Å². The van der Waals surface area contributed by atoms with Gasteiger partial charge in [-0.2, -0.15) is 0 Å². The Morgan fingerprint density at radius 3 is 2.68 bits per heavy atom. The second kappa shape index (κ2) is 10.1. The van der Waals surface area contributed by atoms with Crippen molar-refractivity contribution in [2.45, 2.75) is 51.5 Å². The predicted octanol–water partition coefficient (Wildman–Crippen LogP) is 2.91. The van der Waals surface area contributed by atoms with E-state index in [-0.39, 0.29) is 11.8 Å². The molecule has 28 heavy (non-hydrogen) atoms. The molecule has 8 nitrogen and oxygen atoms in total. The lowest BCUT2D eigenvalue weighted by molar-refractivity contribution is 0.103. The van der Waals surface area contributed by atoms with Crippen LogP contribution in [-0.4, -0.2) is 45.9 Å². The Bertz CT molecular complexity index is 803. The Balaban J connectivity index is 1.36. The summed E-state index contributed by atoms with van der Waals surface area (Å²) in [6, 6.07) is 0.226. The zero-order chi connectivity index (χ0) is 19.8. The average molecular weight is 403 g/mol. The Labute approximate surface area is 168 Å². The Kier molecular flexibility index (Phi) is 7.30. The molecule has 0 saturated heterocycles. The highest BCUT2D eigenvalue weighted by atomic mass is 32.1. The van der Waals surface area contributed by atoms with E-state index in [4.69, 9.17) is 0 Å². The molecule has 0 aliphatic heterocycles. The Morgan fingerprint density at radius 2 is 1.89 bits per heavy atom. The summed E-state index contributed by atoms with van der Waals surface area (Å²) in [4.78, 5) is 37.3. The molecular formula is C19H26N6O2S. The second-order valence-corrected chi connectivity index (χ2v) is 7.90. The zero-order valence-corrected chi connectivity index (χ0v) is 16.8. The normalized spacial score (nSPS) is 14.5. The molecule has 0 spiro atoms. The van der Waals surface area contributed by atoms with Gasteiger partial charge in [0.05, 0.1) is 16.8 Å². The zero-order valence-electron chi connectivity index (χ0n) is 16.0. The lowest BCUT2D eigenvalue weighted by Crippen LogP contribution is -2.43.